The van der Waals surface area contributed by atoms with E-state index in [-0.39, 0.29) is 54.0 Å². The molecule has 5 rings (SSSR count). The van der Waals surface area contributed by atoms with Crippen molar-refractivity contribution in [1.82, 2.24) is 44.5 Å². The van der Waals surface area contributed by atoms with E-state index >= 15 is 0 Å². The lowest BCUT2D eigenvalue weighted by Crippen LogP contribution is -2.34. The zero-order valence-corrected chi connectivity index (χ0v) is 24.6. The number of aryl methyl sites for hydroxylation is 1. The van der Waals surface area contributed by atoms with Crippen LogP contribution in [-0.2, 0) is 0 Å². The van der Waals surface area contributed by atoms with Crippen LogP contribution in [0.5, 0.6) is 5.75 Å². The minimum absolute atomic E-state index is 0. The smallest absolute Gasteiger partial charge is 0.260 e. The number of anilines is 5. The van der Waals surface area contributed by atoms with Gasteiger partial charge >= 0.3 is 0 Å². The molecule has 0 bridgehead atoms. The molecule has 0 spiro atoms. The molecule has 41 heavy (non-hydrogen) atoms. The van der Waals surface area contributed by atoms with E-state index in [1.54, 1.807) is 18.2 Å². The number of carbonyl (C=O) groups excluding carboxylic acids is 1. The molecular formula is C26H53ClN12O2. The van der Waals surface area contributed by atoms with E-state index < -0.39 is 5.91 Å². The Kier molecular flexibility index (Phi) is 15.5. The molecule has 0 saturated carbocycles. The zero-order chi connectivity index (χ0) is 24.9. The van der Waals surface area contributed by atoms with Gasteiger partial charge in [0.2, 0.25) is 17.8 Å². The van der Waals surface area contributed by atoms with Gasteiger partial charge in [0.1, 0.15) is 11.6 Å². The number of pyridine rings is 1. The summed E-state index contributed by atoms with van der Waals surface area (Å²) in [5, 5.41) is 16.5. The molecule has 15 heteroatoms. The molecule has 0 aliphatic carbocycles. The average molecular weight is 601 g/mol. The highest BCUT2D eigenvalue weighted by Gasteiger charge is 2.21. The van der Waals surface area contributed by atoms with Crippen LogP contribution in [0.3, 0.4) is 0 Å². The Balaban J connectivity index is -0.000000593. The van der Waals surface area contributed by atoms with Gasteiger partial charge in [-0.05, 0) is 69.7 Å². The Morgan fingerprint density at radius 1 is 0.805 bits per heavy atom. The molecule has 0 atom stereocenters. The van der Waals surface area contributed by atoms with Crippen LogP contribution in [0.4, 0.5) is 29.4 Å². The first-order valence-corrected chi connectivity index (χ1v) is 12.7. The summed E-state index contributed by atoms with van der Waals surface area (Å²) in [7, 11) is 0. The van der Waals surface area contributed by atoms with Gasteiger partial charge in [-0.2, -0.15) is 15.0 Å². The van der Waals surface area contributed by atoms with E-state index in [0.29, 0.717) is 29.4 Å². The topological polar surface area (TPSA) is 259 Å². The number of aromatic hydroxyl groups is 1. The monoisotopic (exact) mass is 600 g/mol. The van der Waals surface area contributed by atoms with E-state index in [2.05, 4.69) is 25.4 Å². The van der Waals surface area contributed by atoms with E-state index in [4.69, 9.17) is 15.0 Å². The molecule has 4 heterocycles. The number of carbonyl (C=O) groups is 1. The summed E-state index contributed by atoms with van der Waals surface area (Å²) in [6.07, 6.45) is 6.97. The van der Waals surface area contributed by atoms with Crippen molar-refractivity contribution >= 4 is 47.7 Å². The lowest BCUT2D eigenvalue weighted by Gasteiger charge is -2.30. The second kappa shape index (κ2) is 17.1. The number of aromatic nitrogens is 4. The molecule has 1 amide bonds. The lowest BCUT2D eigenvalue weighted by molar-refractivity contribution is 0.102. The third kappa shape index (κ3) is 9.37. The predicted octanol–water partition coefficient (Wildman–Crippen LogP) is 6.31. The Morgan fingerprint density at radius 2 is 1.37 bits per heavy atom. The van der Waals surface area contributed by atoms with Crippen LogP contribution in [0.25, 0.3) is 0 Å². The molecule has 14 nitrogen and oxygen atoms in total. The first kappa shape index (κ1) is 37.2. The van der Waals surface area contributed by atoms with Gasteiger partial charge in [-0.25, -0.2) is 4.98 Å². The van der Waals surface area contributed by atoms with Crippen molar-refractivity contribution in [3.8, 4) is 5.75 Å². The van der Waals surface area contributed by atoms with Gasteiger partial charge < -0.3 is 50.1 Å². The first-order chi connectivity index (χ1) is 17.5. The molecule has 2 aromatic heterocycles. The van der Waals surface area contributed by atoms with Gasteiger partial charge in [0.05, 0.1) is 5.56 Å². The zero-order valence-electron chi connectivity index (χ0n) is 23.8. The maximum absolute atomic E-state index is 12.7. The summed E-state index contributed by atoms with van der Waals surface area (Å²) >= 11 is 0. The normalized spacial score (nSPS) is 14.1. The van der Waals surface area contributed by atoms with Gasteiger partial charge in [-0.3, -0.25) is 4.79 Å². The van der Waals surface area contributed by atoms with Crippen molar-refractivity contribution < 1.29 is 15.6 Å². The summed E-state index contributed by atoms with van der Waals surface area (Å²) in [5.41, 5.74) is 1.53. The molecule has 2 aliphatic heterocycles. The first-order valence-electron chi connectivity index (χ1n) is 12.7. The Morgan fingerprint density at radius 3 is 1.88 bits per heavy atom. The van der Waals surface area contributed by atoms with Gasteiger partial charge in [0, 0.05) is 49.3 Å². The SMILES string of the molecule is Cc1cccc(NC(=O)c2ccc(Nc3nc(N4CCCCC4)nc(N4CCCCC4)n3)cc2O)n1.Cl.N.N.N.N.[HH].[HH].[HH].[HH]. The molecule has 0 unspecified atom stereocenters. The van der Waals surface area contributed by atoms with Crippen LogP contribution in [-0.4, -0.2) is 57.1 Å². The third-order valence-corrected chi connectivity index (χ3v) is 6.52. The molecule has 2 aliphatic rings. The summed E-state index contributed by atoms with van der Waals surface area (Å²) in [5.74, 6) is 1.63. The number of halogens is 1. The van der Waals surface area contributed by atoms with Gasteiger partial charge in [-0.1, -0.05) is 6.07 Å². The summed E-state index contributed by atoms with van der Waals surface area (Å²) in [6, 6.07) is 10.2. The molecule has 2 fully saturated rings. The molecular weight excluding hydrogens is 548 g/mol. The third-order valence-electron chi connectivity index (χ3n) is 6.52. The fourth-order valence-electron chi connectivity index (χ4n) is 4.61. The standard InChI is InChI=1S/C26H32N8O2.ClH.4H3N.4H2/c1-18-9-8-10-22(27-18)29-23(36)20-12-11-19(17-21(20)35)28-24-30-25(33-13-4-2-5-14-33)32-26(31-24)34-15-6-3-7-16-34;;;;;;;;;/h8-12,17,35H,2-7,13-16H2,1H3,(H,27,29,36)(H,28,30,31,32);1H;4*1H3;4*1H. The van der Waals surface area contributed by atoms with Crippen LogP contribution >= 0.6 is 12.4 Å². The van der Waals surface area contributed by atoms with E-state index in [1.807, 2.05) is 19.1 Å². The number of nitrogens with one attached hydrogen (secondary N) is 2. The van der Waals surface area contributed by atoms with Gasteiger partial charge in [0.15, 0.2) is 0 Å². The summed E-state index contributed by atoms with van der Waals surface area (Å²) < 4.78 is 0. The minimum atomic E-state index is -0.433. The van der Waals surface area contributed by atoms with Crippen molar-refractivity contribution in [3.05, 3.63) is 47.7 Å². The fraction of sp³-hybridized carbons (Fsp3) is 0.423. The average Bonchev–Trinajstić information content (AvgIpc) is 2.89. The number of nitrogens with zero attached hydrogens (tertiary/aromatic N) is 6. The second-order valence-corrected chi connectivity index (χ2v) is 9.33. The molecule has 1 aromatic carbocycles. The van der Waals surface area contributed by atoms with Crippen molar-refractivity contribution in [2.45, 2.75) is 45.4 Å². The van der Waals surface area contributed by atoms with Crippen molar-refractivity contribution in [2.75, 3.05) is 46.6 Å². The van der Waals surface area contributed by atoms with Crippen molar-refractivity contribution in [2.24, 2.45) is 0 Å². The predicted molar refractivity (Wildman–Crippen MR) is 176 cm³/mol. The number of hydrogen-bond donors (Lipinski definition) is 7. The highest BCUT2D eigenvalue weighted by atomic mass is 35.5. The number of phenols is 1. The molecule has 3 aromatic rings. The molecule has 0 radical (unpaired) electrons. The van der Waals surface area contributed by atoms with E-state index in [0.717, 1.165) is 57.6 Å². The Labute approximate surface area is 253 Å². The van der Waals surface area contributed by atoms with Crippen LogP contribution in [0.15, 0.2) is 36.4 Å². The van der Waals surface area contributed by atoms with Crippen LogP contribution < -0.4 is 45.0 Å². The van der Waals surface area contributed by atoms with Crippen molar-refractivity contribution in [1.29, 1.82) is 0 Å². The minimum Gasteiger partial charge on any atom is -0.507 e. The number of phenolic OH excluding ortho intramolecular Hbond substituents is 1. The lowest BCUT2D eigenvalue weighted by atomic mass is 10.1. The van der Waals surface area contributed by atoms with E-state index in [9.17, 15) is 9.90 Å². The Hall–Kier alpha value is -3.82. The van der Waals surface area contributed by atoms with Crippen LogP contribution in [0.1, 0.15) is 60.3 Å². The largest absolute Gasteiger partial charge is 0.507 e. The number of rotatable bonds is 6. The van der Waals surface area contributed by atoms with Gasteiger partial charge in [0.25, 0.3) is 5.91 Å². The molecule has 2 saturated heterocycles. The number of piperidine rings is 2. The maximum Gasteiger partial charge on any atom is 0.260 e. The quantitative estimate of drug-likeness (QED) is 0.163. The van der Waals surface area contributed by atoms with Gasteiger partial charge in [-0.15, -0.1) is 12.4 Å². The van der Waals surface area contributed by atoms with E-state index in [1.165, 1.54) is 18.9 Å². The molecule has 236 valence electrons. The fourth-order valence-corrected chi connectivity index (χ4v) is 4.61. The second-order valence-electron chi connectivity index (χ2n) is 9.33. The number of hydrogen-bond acceptors (Lipinski definition) is 13. The maximum atomic E-state index is 12.7. The number of amides is 1. The van der Waals surface area contributed by atoms with Crippen molar-refractivity contribution in [3.63, 3.8) is 0 Å². The van der Waals surface area contributed by atoms with Crippen LogP contribution in [0, 0.1) is 6.92 Å². The van der Waals surface area contributed by atoms with Crippen LogP contribution in [0.2, 0.25) is 0 Å². The number of benzene rings is 1. The molecule has 15 N–H and O–H groups in total. The Bertz CT molecular complexity index is 1220. The highest BCUT2D eigenvalue weighted by Crippen LogP contribution is 2.27. The summed E-state index contributed by atoms with van der Waals surface area (Å²) in [4.78, 5) is 35.6. The summed E-state index contributed by atoms with van der Waals surface area (Å²) in [6.45, 7) is 5.58. The highest BCUT2D eigenvalue weighted by molar-refractivity contribution is 6.06.